The summed E-state index contributed by atoms with van der Waals surface area (Å²) in [6.07, 6.45) is 17.6. The first kappa shape index (κ1) is 12.5. The summed E-state index contributed by atoms with van der Waals surface area (Å²) in [5.74, 6) is 0. The molecule has 0 atom stereocenters. The van der Waals surface area contributed by atoms with Gasteiger partial charge in [-0.1, -0.05) is 37.6 Å². The summed E-state index contributed by atoms with van der Waals surface area (Å²) in [6, 6.07) is 0. The Balaban J connectivity index is 3.01. The molecule has 1 radical (unpaired) electrons. The van der Waals surface area contributed by atoms with Crippen LogP contribution in [0.1, 0.15) is 51.9 Å². The van der Waals surface area contributed by atoms with Crippen LogP contribution >= 0.6 is 0 Å². The Hall–Kier alpha value is -0.520. The van der Waals surface area contributed by atoms with Gasteiger partial charge in [-0.2, -0.15) is 0 Å². The first-order valence-corrected chi connectivity index (χ1v) is 5.47. The molecule has 0 unspecified atom stereocenters. The molecule has 0 aromatic rings. The SMILES string of the molecule is [CH2]CCCC=CCCCCC=CC. The van der Waals surface area contributed by atoms with Crippen LogP contribution in [0.3, 0.4) is 0 Å². The third kappa shape index (κ3) is 11.5. The second-order valence-electron chi connectivity index (χ2n) is 3.32. The van der Waals surface area contributed by atoms with Crippen LogP contribution in [0, 0.1) is 6.92 Å². The van der Waals surface area contributed by atoms with E-state index in [1.807, 2.05) is 0 Å². The highest BCUT2D eigenvalue weighted by molar-refractivity contribution is 4.82. The van der Waals surface area contributed by atoms with E-state index in [0.29, 0.717) is 0 Å². The molecule has 0 bridgehead atoms. The predicted octanol–water partition coefficient (Wildman–Crippen LogP) is 4.68. The van der Waals surface area contributed by atoms with Gasteiger partial charge < -0.3 is 0 Å². The maximum atomic E-state index is 3.81. The number of unbranched alkanes of at least 4 members (excludes halogenated alkanes) is 5. The lowest BCUT2D eigenvalue weighted by Crippen LogP contribution is -1.73. The molecular weight excluding hydrogens is 156 g/mol. The average molecular weight is 179 g/mol. The van der Waals surface area contributed by atoms with E-state index in [1.165, 1.54) is 38.5 Å². The highest BCUT2D eigenvalue weighted by atomic mass is 13.9. The Labute approximate surface area is 83.7 Å². The summed E-state index contributed by atoms with van der Waals surface area (Å²) in [6.45, 7) is 5.89. The van der Waals surface area contributed by atoms with Crippen LogP contribution in [0.4, 0.5) is 0 Å². The molecule has 0 amide bonds. The van der Waals surface area contributed by atoms with Crippen LogP contribution in [-0.2, 0) is 0 Å². The monoisotopic (exact) mass is 179 g/mol. The molecule has 0 fully saturated rings. The van der Waals surface area contributed by atoms with Crippen LogP contribution in [-0.4, -0.2) is 0 Å². The van der Waals surface area contributed by atoms with Gasteiger partial charge >= 0.3 is 0 Å². The summed E-state index contributed by atoms with van der Waals surface area (Å²) in [4.78, 5) is 0. The molecule has 75 valence electrons. The molecule has 0 aliphatic heterocycles. The minimum Gasteiger partial charge on any atom is -0.0917 e. The maximum absolute atomic E-state index is 3.81. The third-order valence-corrected chi connectivity index (χ3v) is 2.01. The lowest BCUT2D eigenvalue weighted by atomic mass is 10.1. The first-order valence-electron chi connectivity index (χ1n) is 5.47. The minimum atomic E-state index is 1.06. The van der Waals surface area contributed by atoms with E-state index in [0.717, 1.165) is 6.42 Å². The topological polar surface area (TPSA) is 0 Å². The molecule has 0 aromatic heterocycles. The molecule has 0 rings (SSSR count). The van der Waals surface area contributed by atoms with Crippen molar-refractivity contribution >= 4 is 0 Å². The average Bonchev–Trinajstić information content (AvgIpc) is 2.16. The van der Waals surface area contributed by atoms with Gasteiger partial charge in [0.15, 0.2) is 0 Å². The van der Waals surface area contributed by atoms with E-state index in [4.69, 9.17) is 0 Å². The number of rotatable bonds is 8. The Bertz CT molecular complexity index is 131. The van der Waals surface area contributed by atoms with E-state index in [9.17, 15) is 0 Å². The first-order chi connectivity index (χ1) is 6.41. The molecule has 0 saturated carbocycles. The van der Waals surface area contributed by atoms with Crippen LogP contribution in [0.5, 0.6) is 0 Å². The van der Waals surface area contributed by atoms with E-state index in [2.05, 4.69) is 38.2 Å². The van der Waals surface area contributed by atoms with Crippen molar-refractivity contribution in [1.29, 1.82) is 0 Å². The molecule has 0 aliphatic rings. The van der Waals surface area contributed by atoms with Gasteiger partial charge in [-0.05, 0) is 45.4 Å². The fourth-order valence-corrected chi connectivity index (χ4v) is 1.19. The molecule has 0 saturated heterocycles. The summed E-state index contributed by atoms with van der Waals surface area (Å²) in [5, 5.41) is 0. The van der Waals surface area contributed by atoms with Gasteiger partial charge in [0.2, 0.25) is 0 Å². The normalized spacial score (nSPS) is 11.8. The predicted molar refractivity (Wildman–Crippen MR) is 61.6 cm³/mol. The zero-order valence-electron chi connectivity index (χ0n) is 8.97. The Kier molecular flexibility index (Phi) is 11.0. The minimum absolute atomic E-state index is 1.06. The summed E-state index contributed by atoms with van der Waals surface area (Å²) in [7, 11) is 0. The van der Waals surface area contributed by atoms with Gasteiger partial charge in [-0.25, -0.2) is 0 Å². The number of hydrogen-bond donors (Lipinski definition) is 0. The van der Waals surface area contributed by atoms with E-state index >= 15 is 0 Å². The molecule has 0 aliphatic carbocycles. The Morgan fingerprint density at radius 2 is 1.38 bits per heavy atom. The molecule has 0 nitrogen and oxygen atoms in total. The third-order valence-electron chi connectivity index (χ3n) is 2.01. The zero-order valence-corrected chi connectivity index (χ0v) is 8.97. The van der Waals surface area contributed by atoms with Crippen molar-refractivity contribution in [2.24, 2.45) is 0 Å². The van der Waals surface area contributed by atoms with Crippen molar-refractivity contribution in [2.75, 3.05) is 0 Å². The maximum Gasteiger partial charge on any atom is -0.0351 e. The summed E-state index contributed by atoms with van der Waals surface area (Å²) < 4.78 is 0. The van der Waals surface area contributed by atoms with Gasteiger partial charge in [0.05, 0.1) is 0 Å². The lowest BCUT2D eigenvalue weighted by Gasteiger charge is -1.93. The summed E-state index contributed by atoms with van der Waals surface area (Å²) >= 11 is 0. The van der Waals surface area contributed by atoms with Crippen LogP contribution in [0.2, 0.25) is 0 Å². The Morgan fingerprint density at radius 1 is 0.846 bits per heavy atom. The molecule has 13 heavy (non-hydrogen) atoms. The molecule has 0 spiro atoms. The van der Waals surface area contributed by atoms with Crippen molar-refractivity contribution in [2.45, 2.75) is 51.9 Å². The highest BCUT2D eigenvalue weighted by Crippen LogP contribution is 2.03. The van der Waals surface area contributed by atoms with Crippen LogP contribution in [0.25, 0.3) is 0 Å². The van der Waals surface area contributed by atoms with E-state index in [1.54, 1.807) is 0 Å². The fraction of sp³-hybridized carbons (Fsp3) is 0.615. The number of allylic oxidation sites excluding steroid dienone is 4. The molecule has 0 aromatic carbocycles. The van der Waals surface area contributed by atoms with Gasteiger partial charge in [-0.15, -0.1) is 0 Å². The fourth-order valence-electron chi connectivity index (χ4n) is 1.19. The largest absolute Gasteiger partial charge is 0.0917 e. The van der Waals surface area contributed by atoms with Gasteiger partial charge in [-0.3, -0.25) is 0 Å². The molecule has 0 heterocycles. The molecule has 0 N–H and O–H groups in total. The van der Waals surface area contributed by atoms with Gasteiger partial charge in [0, 0.05) is 0 Å². The van der Waals surface area contributed by atoms with E-state index < -0.39 is 0 Å². The molecular formula is C13H23. The quantitative estimate of drug-likeness (QED) is 0.375. The summed E-state index contributed by atoms with van der Waals surface area (Å²) in [5.41, 5.74) is 0. The van der Waals surface area contributed by atoms with Crippen LogP contribution in [0.15, 0.2) is 24.3 Å². The second-order valence-corrected chi connectivity index (χ2v) is 3.32. The van der Waals surface area contributed by atoms with Crippen molar-refractivity contribution in [3.05, 3.63) is 31.2 Å². The van der Waals surface area contributed by atoms with Gasteiger partial charge in [0.1, 0.15) is 0 Å². The second kappa shape index (κ2) is 11.5. The number of hydrogen-bond acceptors (Lipinski definition) is 0. The molecule has 0 heteroatoms. The zero-order chi connectivity index (χ0) is 9.78. The Morgan fingerprint density at radius 3 is 1.92 bits per heavy atom. The van der Waals surface area contributed by atoms with Crippen LogP contribution < -0.4 is 0 Å². The van der Waals surface area contributed by atoms with Crippen molar-refractivity contribution < 1.29 is 0 Å². The van der Waals surface area contributed by atoms with E-state index in [-0.39, 0.29) is 0 Å². The smallest absolute Gasteiger partial charge is 0.0351 e. The van der Waals surface area contributed by atoms with Crippen molar-refractivity contribution in [3.8, 4) is 0 Å². The van der Waals surface area contributed by atoms with Crippen molar-refractivity contribution in [3.63, 3.8) is 0 Å². The lowest BCUT2D eigenvalue weighted by molar-refractivity contribution is 0.758. The highest BCUT2D eigenvalue weighted by Gasteiger charge is 1.83. The van der Waals surface area contributed by atoms with Crippen molar-refractivity contribution in [1.82, 2.24) is 0 Å². The van der Waals surface area contributed by atoms with Gasteiger partial charge in [0.25, 0.3) is 0 Å². The standard InChI is InChI=1S/C13H23/c1-3-5-7-9-11-13-12-10-8-6-4-2/h4,6,9,11H,1,3,5,7-8,10,12-13H2,2H3.